The third-order valence-electron chi connectivity index (χ3n) is 5.01. The average Bonchev–Trinajstić information content (AvgIpc) is 3.37. The number of piperazine rings is 1. The third kappa shape index (κ3) is 3.05. The number of nitrogens with zero attached hydrogens (tertiary/aromatic N) is 5. The van der Waals surface area contributed by atoms with Crippen LogP contribution in [0.2, 0.25) is 0 Å². The molecule has 24 heavy (non-hydrogen) atoms. The van der Waals surface area contributed by atoms with E-state index in [1.807, 2.05) is 0 Å². The normalized spacial score (nSPS) is 20.7. The van der Waals surface area contributed by atoms with Crippen LogP contribution in [0.5, 0.6) is 0 Å². The Morgan fingerprint density at radius 2 is 2.08 bits per heavy atom. The molecule has 130 valence electrons. The minimum Gasteiger partial charge on any atom is -0.391 e. The van der Waals surface area contributed by atoms with Crippen LogP contribution in [0.25, 0.3) is 10.3 Å². The van der Waals surface area contributed by atoms with Gasteiger partial charge in [0.2, 0.25) is 0 Å². The molecule has 0 radical (unpaired) electrons. The lowest BCUT2D eigenvalue weighted by Gasteiger charge is -2.33. The summed E-state index contributed by atoms with van der Waals surface area (Å²) in [4.78, 5) is 26.2. The van der Waals surface area contributed by atoms with Crippen molar-refractivity contribution in [3.63, 3.8) is 0 Å². The van der Waals surface area contributed by atoms with Gasteiger partial charge in [-0.15, -0.1) is 0 Å². The number of anilines is 1. The fourth-order valence-corrected chi connectivity index (χ4v) is 4.21. The van der Waals surface area contributed by atoms with Gasteiger partial charge in [-0.3, -0.25) is 9.36 Å². The van der Waals surface area contributed by atoms with Gasteiger partial charge < -0.3 is 14.9 Å². The third-order valence-corrected chi connectivity index (χ3v) is 6.11. The molecular formula is C16H23N5O2S. The molecule has 1 unspecified atom stereocenters. The summed E-state index contributed by atoms with van der Waals surface area (Å²) in [6, 6.07) is 0. The second kappa shape index (κ2) is 6.42. The molecule has 2 fully saturated rings. The summed E-state index contributed by atoms with van der Waals surface area (Å²) >= 11 is 1.42. The van der Waals surface area contributed by atoms with Crippen LogP contribution in [-0.2, 0) is 6.54 Å². The highest BCUT2D eigenvalue weighted by Crippen LogP contribution is 2.33. The van der Waals surface area contributed by atoms with Crippen molar-refractivity contribution in [1.82, 2.24) is 19.4 Å². The molecule has 3 heterocycles. The molecule has 0 aromatic carbocycles. The molecule has 2 aliphatic rings. The van der Waals surface area contributed by atoms with Gasteiger partial charge in [-0.2, -0.15) is 4.98 Å². The van der Waals surface area contributed by atoms with E-state index in [1.165, 1.54) is 22.2 Å². The first-order chi connectivity index (χ1) is 11.7. The number of fused-ring (bicyclic) bond motifs is 1. The van der Waals surface area contributed by atoms with Crippen LogP contribution >= 0.6 is 11.3 Å². The Bertz CT molecular complexity index is 776. The van der Waals surface area contributed by atoms with Crippen LogP contribution in [0.4, 0.5) is 5.13 Å². The number of rotatable bonds is 5. The Balaban J connectivity index is 1.56. The Kier molecular flexibility index (Phi) is 4.28. The van der Waals surface area contributed by atoms with Gasteiger partial charge in [0, 0.05) is 26.2 Å². The van der Waals surface area contributed by atoms with Gasteiger partial charge in [0.25, 0.3) is 5.56 Å². The van der Waals surface area contributed by atoms with Gasteiger partial charge in [-0.1, -0.05) is 18.3 Å². The summed E-state index contributed by atoms with van der Waals surface area (Å²) in [6.07, 6.45) is 3.19. The molecule has 7 nitrogen and oxygen atoms in total. The van der Waals surface area contributed by atoms with Crippen LogP contribution in [0, 0.1) is 5.92 Å². The average molecular weight is 349 g/mol. The maximum Gasteiger partial charge on any atom is 0.273 e. The van der Waals surface area contributed by atoms with E-state index in [9.17, 15) is 9.90 Å². The maximum absolute atomic E-state index is 12.7. The number of likely N-dealkylation sites (N-methyl/N-ethyl adjacent to an activating group) is 1. The second-order valence-electron chi connectivity index (χ2n) is 6.68. The number of hydrogen-bond acceptors (Lipinski definition) is 7. The highest BCUT2D eigenvalue weighted by Gasteiger charge is 2.30. The molecule has 8 heteroatoms. The summed E-state index contributed by atoms with van der Waals surface area (Å²) in [5.41, 5.74) is 0.436. The van der Waals surface area contributed by atoms with Crippen LogP contribution < -0.4 is 10.5 Å². The van der Waals surface area contributed by atoms with E-state index < -0.39 is 6.10 Å². The number of thiazole rings is 1. The molecule has 0 bridgehead atoms. The van der Waals surface area contributed by atoms with Gasteiger partial charge in [-0.05, 0) is 25.3 Å². The zero-order chi connectivity index (χ0) is 16.7. The molecule has 1 saturated heterocycles. The molecule has 2 aromatic rings. The fourth-order valence-electron chi connectivity index (χ4n) is 3.19. The number of aliphatic hydroxyl groups is 1. The molecule has 2 aromatic heterocycles. The van der Waals surface area contributed by atoms with Crippen molar-refractivity contribution in [3.05, 3.63) is 16.7 Å². The second-order valence-corrected chi connectivity index (χ2v) is 7.65. The van der Waals surface area contributed by atoms with E-state index in [2.05, 4.69) is 26.7 Å². The van der Waals surface area contributed by atoms with Gasteiger partial charge in [0.1, 0.15) is 11.0 Å². The summed E-state index contributed by atoms with van der Waals surface area (Å²) in [5, 5.41) is 11.0. The molecule has 1 N–H and O–H groups in total. The van der Waals surface area contributed by atoms with Crippen LogP contribution in [0.15, 0.2) is 11.1 Å². The minimum absolute atomic E-state index is 0.0874. The zero-order valence-corrected chi connectivity index (χ0v) is 14.7. The standard InChI is InChI=1S/C16H23N5O2S/c1-2-19-5-7-20(8-6-19)16-18-14-13(24-16)15(23)21(10-17-14)9-12(22)11-3-4-11/h10-12,22H,2-9H2,1H3. The molecule has 1 aliphatic carbocycles. The van der Waals surface area contributed by atoms with Crippen molar-refractivity contribution in [2.24, 2.45) is 5.92 Å². The Morgan fingerprint density at radius 3 is 2.75 bits per heavy atom. The van der Waals surface area contributed by atoms with E-state index >= 15 is 0 Å². The monoisotopic (exact) mass is 349 g/mol. The van der Waals surface area contributed by atoms with Crippen molar-refractivity contribution >= 4 is 26.8 Å². The van der Waals surface area contributed by atoms with Gasteiger partial charge in [0.05, 0.1) is 12.6 Å². The summed E-state index contributed by atoms with van der Waals surface area (Å²) < 4.78 is 2.12. The van der Waals surface area contributed by atoms with Crippen molar-refractivity contribution in [2.45, 2.75) is 32.4 Å². The highest BCUT2D eigenvalue weighted by molar-refractivity contribution is 7.22. The predicted octanol–water partition coefficient (Wildman–Crippen LogP) is 0.766. The van der Waals surface area contributed by atoms with Gasteiger partial charge >= 0.3 is 0 Å². The van der Waals surface area contributed by atoms with Crippen LogP contribution in [0.3, 0.4) is 0 Å². The highest BCUT2D eigenvalue weighted by atomic mass is 32.1. The van der Waals surface area contributed by atoms with Crippen molar-refractivity contribution in [2.75, 3.05) is 37.6 Å². The Morgan fingerprint density at radius 1 is 1.33 bits per heavy atom. The van der Waals surface area contributed by atoms with Crippen LogP contribution in [-0.4, -0.2) is 63.4 Å². The number of aromatic nitrogens is 3. The van der Waals surface area contributed by atoms with Crippen molar-refractivity contribution in [1.29, 1.82) is 0 Å². The lowest BCUT2D eigenvalue weighted by Crippen LogP contribution is -2.46. The number of hydrogen-bond donors (Lipinski definition) is 1. The molecule has 1 saturated carbocycles. The van der Waals surface area contributed by atoms with Gasteiger partial charge in [0.15, 0.2) is 10.8 Å². The zero-order valence-electron chi connectivity index (χ0n) is 13.9. The smallest absolute Gasteiger partial charge is 0.273 e. The van der Waals surface area contributed by atoms with Crippen molar-refractivity contribution < 1.29 is 5.11 Å². The first kappa shape index (κ1) is 16.0. The number of aliphatic hydroxyl groups excluding tert-OH is 1. The van der Waals surface area contributed by atoms with E-state index in [-0.39, 0.29) is 5.56 Å². The topological polar surface area (TPSA) is 74.5 Å². The first-order valence-electron chi connectivity index (χ1n) is 8.67. The molecular weight excluding hydrogens is 326 g/mol. The lowest BCUT2D eigenvalue weighted by molar-refractivity contribution is 0.130. The summed E-state index contributed by atoms with van der Waals surface area (Å²) in [5.74, 6) is 0.347. The SMILES string of the molecule is CCN1CCN(c2nc3ncn(CC(O)C4CC4)c(=O)c3s2)CC1. The van der Waals surface area contributed by atoms with Crippen molar-refractivity contribution in [3.8, 4) is 0 Å². The lowest BCUT2D eigenvalue weighted by atomic mass is 10.2. The van der Waals surface area contributed by atoms with E-state index in [0.29, 0.717) is 22.8 Å². The Labute approximate surface area is 144 Å². The van der Waals surface area contributed by atoms with Crippen LogP contribution in [0.1, 0.15) is 19.8 Å². The summed E-state index contributed by atoms with van der Waals surface area (Å²) in [7, 11) is 0. The molecule has 1 atom stereocenters. The fraction of sp³-hybridized carbons (Fsp3) is 0.688. The Hall–Kier alpha value is -1.51. The summed E-state index contributed by atoms with van der Waals surface area (Å²) in [6.45, 7) is 7.49. The maximum atomic E-state index is 12.7. The first-order valence-corrected chi connectivity index (χ1v) is 9.48. The van der Waals surface area contributed by atoms with E-state index in [4.69, 9.17) is 0 Å². The molecule has 0 spiro atoms. The van der Waals surface area contributed by atoms with Gasteiger partial charge in [-0.25, -0.2) is 4.98 Å². The molecule has 4 rings (SSSR count). The molecule has 0 amide bonds. The quantitative estimate of drug-likeness (QED) is 0.859. The van der Waals surface area contributed by atoms with E-state index in [1.54, 1.807) is 0 Å². The minimum atomic E-state index is -0.448. The van der Waals surface area contributed by atoms with E-state index in [0.717, 1.165) is 50.7 Å². The largest absolute Gasteiger partial charge is 0.391 e. The predicted molar refractivity (Wildman–Crippen MR) is 94.7 cm³/mol. The molecule has 1 aliphatic heterocycles.